The lowest BCUT2D eigenvalue weighted by Gasteiger charge is -2.31. The Morgan fingerprint density at radius 1 is 1.11 bits per heavy atom. The van der Waals surface area contributed by atoms with Crippen LogP contribution >= 0.6 is 0 Å². The van der Waals surface area contributed by atoms with Crippen molar-refractivity contribution in [2.24, 2.45) is 0 Å². The normalized spacial score (nSPS) is 26.2. The maximum Gasteiger partial charge on any atom is 0.240 e. The number of nitrogens with zero attached hydrogens (tertiary/aromatic N) is 2. The second kappa shape index (κ2) is 9.42. The number of aryl methyl sites for hydroxylation is 1. The number of rotatable bonds is 9. The first-order valence-corrected chi connectivity index (χ1v) is 10.5. The van der Waals surface area contributed by atoms with Crippen molar-refractivity contribution < 1.29 is 23.4 Å². The lowest BCUT2D eigenvalue weighted by molar-refractivity contribution is -0.0201. The quantitative estimate of drug-likeness (QED) is 0.501. The van der Waals surface area contributed by atoms with Crippen LogP contribution in [0.1, 0.15) is 5.56 Å². The lowest BCUT2D eigenvalue weighted by atomic mass is 10.0. The molecule has 0 amide bonds. The molecule has 27 heavy (non-hydrogen) atoms. The van der Waals surface area contributed by atoms with Crippen molar-refractivity contribution >= 4 is 10.0 Å². The molecule has 1 aliphatic heterocycles. The summed E-state index contributed by atoms with van der Waals surface area (Å²) >= 11 is 0. The average Bonchev–Trinajstić information content (AvgIpc) is 2.94. The number of benzene rings is 1. The zero-order valence-electron chi connectivity index (χ0n) is 16.4. The Bertz CT molecular complexity index is 695. The molecule has 154 valence electrons. The van der Waals surface area contributed by atoms with E-state index in [9.17, 15) is 18.6 Å². The van der Waals surface area contributed by atoms with Crippen LogP contribution < -0.4 is 4.72 Å². The van der Waals surface area contributed by atoms with Crippen molar-refractivity contribution in [2.75, 3.05) is 47.4 Å². The van der Waals surface area contributed by atoms with Gasteiger partial charge in [0.2, 0.25) is 10.0 Å². The molecule has 1 aromatic carbocycles. The van der Waals surface area contributed by atoms with Gasteiger partial charge in [0.25, 0.3) is 0 Å². The van der Waals surface area contributed by atoms with Crippen molar-refractivity contribution in [1.82, 2.24) is 14.5 Å². The number of hydrogen-bond donors (Lipinski definition) is 3. The zero-order chi connectivity index (χ0) is 20.2. The van der Waals surface area contributed by atoms with Crippen LogP contribution in [0.25, 0.3) is 0 Å². The molecule has 1 fully saturated rings. The van der Waals surface area contributed by atoms with Gasteiger partial charge >= 0.3 is 0 Å². The molecule has 1 heterocycles. The SMILES string of the molecule is Cc1ccc(S(=O)(=O)NC[C@@H]2O[C@@H](CO)[C@@H](O)[C@H]2N(C)CCN(C)C)cc1. The summed E-state index contributed by atoms with van der Waals surface area (Å²) in [7, 11) is 2.10. The minimum Gasteiger partial charge on any atom is -0.394 e. The summed E-state index contributed by atoms with van der Waals surface area (Å²) < 4.78 is 33.4. The molecule has 3 N–H and O–H groups in total. The highest BCUT2D eigenvalue weighted by Gasteiger charge is 2.45. The highest BCUT2D eigenvalue weighted by molar-refractivity contribution is 7.89. The number of hydrogen-bond acceptors (Lipinski definition) is 7. The molecular formula is C18H31N3O5S. The number of ether oxygens (including phenoxy) is 1. The van der Waals surface area contributed by atoms with Gasteiger partial charge in [0, 0.05) is 19.6 Å². The van der Waals surface area contributed by atoms with Crippen LogP contribution in [0.2, 0.25) is 0 Å². The van der Waals surface area contributed by atoms with Gasteiger partial charge in [-0.25, -0.2) is 13.1 Å². The maximum atomic E-state index is 12.5. The van der Waals surface area contributed by atoms with E-state index in [0.717, 1.165) is 12.1 Å². The first-order chi connectivity index (χ1) is 12.7. The van der Waals surface area contributed by atoms with Crippen LogP contribution in [-0.4, -0.2) is 100 Å². The molecule has 2 rings (SSSR count). The van der Waals surface area contributed by atoms with Gasteiger partial charge in [0.05, 0.1) is 23.6 Å². The highest BCUT2D eigenvalue weighted by atomic mass is 32.2. The third-order valence-corrected chi connectivity index (χ3v) is 6.30. The summed E-state index contributed by atoms with van der Waals surface area (Å²) in [6.07, 6.45) is -2.19. The van der Waals surface area contributed by atoms with E-state index in [0.29, 0.717) is 6.54 Å². The molecule has 8 nitrogen and oxygen atoms in total. The van der Waals surface area contributed by atoms with Crippen LogP contribution in [0.5, 0.6) is 0 Å². The highest BCUT2D eigenvalue weighted by Crippen LogP contribution is 2.25. The van der Waals surface area contributed by atoms with E-state index in [2.05, 4.69) is 4.72 Å². The van der Waals surface area contributed by atoms with E-state index >= 15 is 0 Å². The Balaban J connectivity index is 2.08. The average molecular weight is 402 g/mol. The van der Waals surface area contributed by atoms with Gasteiger partial charge < -0.3 is 19.8 Å². The molecule has 0 aromatic heterocycles. The van der Waals surface area contributed by atoms with Crippen molar-refractivity contribution in [3.05, 3.63) is 29.8 Å². The maximum absolute atomic E-state index is 12.5. The van der Waals surface area contributed by atoms with Crippen molar-refractivity contribution in [2.45, 2.75) is 36.2 Å². The molecule has 4 atom stereocenters. The van der Waals surface area contributed by atoms with Crippen LogP contribution in [0, 0.1) is 6.92 Å². The van der Waals surface area contributed by atoms with E-state index in [1.807, 2.05) is 37.9 Å². The van der Waals surface area contributed by atoms with E-state index in [4.69, 9.17) is 4.74 Å². The second-order valence-corrected chi connectivity index (χ2v) is 9.09. The van der Waals surface area contributed by atoms with E-state index in [1.165, 1.54) is 0 Å². The van der Waals surface area contributed by atoms with Gasteiger partial charge in [-0.15, -0.1) is 0 Å². The van der Waals surface area contributed by atoms with Crippen LogP contribution in [0.4, 0.5) is 0 Å². The Hall–Kier alpha value is -1.07. The summed E-state index contributed by atoms with van der Waals surface area (Å²) in [4.78, 5) is 4.16. The largest absolute Gasteiger partial charge is 0.394 e. The van der Waals surface area contributed by atoms with E-state index in [-0.39, 0.29) is 18.0 Å². The molecule has 0 saturated carbocycles. The molecule has 9 heteroatoms. The van der Waals surface area contributed by atoms with Gasteiger partial charge in [-0.2, -0.15) is 0 Å². The predicted molar refractivity (Wildman–Crippen MR) is 103 cm³/mol. The van der Waals surface area contributed by atoms with Gasteiger partial charge in [-0.3, -0.25) is 4.90 Å². The summed E-state index contributed by atoms with van der Waals surface area (Å²) in [6.45, 7) is 3.05. The Labute approximate surface area is 161 Å². The lowest BCUT2D eigenvalue weighted by Crippen LogP contribution is -2.51. The number of aliphatic hydroxyl groups is 2. The third kappa shape index (κ3) is 5.71. The smallest absolute Gasteiger partial charge is 0.240 e. The fraction of sp³-hybridized carbons (Fsp3) is 0.667. The van der Waals surface area contributed by atoms with Gasteiger partial charge in [0.15, 0.2) is 0 Å². The molecule has 0 radical (unpaired) electrons. The van der Waals surface area contributed by atoms with Crippen molar-refractivity contribution in [1.29, 1.82) is 0 Å². The van der Waals surface area contributed by atoms with Crippen molar-refractivity contribution in [3.63, 3.8) is 0 Å². The second-order valence-electron chi connectivity index (χ2n) is 7.33. The van der Waals surface area contributed by atoms with Gasteiger partial charge in [0.1, 0.15) is 12.2 Å². The van der Waals surface area contributed by atoms with Crippen molar-refractivity contribution in [3.8, 4) is 0 Å². The molecule has 1 aliphatic rings. The molecular weight excluding hydrogens is 370 g/mol. The topological polar surface area (TPSA) is 102 Å². The summed E-state index contributed by atoms with van der Waals surface area (Å²) in [6, 6.07) is 6.18. The van der Waals surface area contributed by atoms with Crippen LogP contribution in [0.15, 0.2) is 29.2 Å². The third-order valence-electron chi connectivity index (χ3n) is 4.86. The minimum absolute atomic E-state index is 0.0146. The van der Waals surface area contributed by atoms with Crippen LogP contribution in [-0.2, 0) is 14.8 Å². The van der Waals surface area contributed by atoms with Gasteiger partial charge in [-0.05, 0) is 40.2 Å². The first kappa shape index (κ1) is 22.2. The number of aliphatic hydroxyl groups excluding tert-OH is 2. The predicted octanol–water partition coefficient (Wildman–Crippen LogP) is -0.744. The summed E-state index contributed by atoms with van der Waals surface area (Å²) in [5.74, 6) is 0. The number of likely N-dealkylation sites (N-methyl/N-ethyl adjacent to an activating group) is 2. The molecule has 1 aromatic rings. The Kier molecular flexibility index (Phi) is 7.75. The van der Waals surface area contributed by atoms with E-state index in [1.54, 1.807) is 24.3 Å². The summed E-state index contributed by atoms with van der Waals surface area (Å²) in [5, 5.41) is 20.0. The molecule has 1 saturated heterocycles. The fourth-order valence-electron chi connectivity index (χ4n) is 3.19. The minimum atomic E-state index is -3.68. The van der Waals surface area contributed by atoms with Crippen LogP contribution in [0.3, 0.4) is 0 Å². The molecule has 0 unspecified atom stereocenters. The zero-order valence-corrected chi connectivity index (χ0v) is 17.2. The fourth-order valence-corrected chi connectivity index (χ4v) is 4.23. The van der Waals surface area contributed by atoms with Gasteiger partial charge in [-0.1, -0.05) is 17.7 Å². The standard InChI is InChI=1S/C18H31N3O5S/c1-13-5-7-14(8-6-13)27(24,25)19-11-15-17(18(23)16(12-22)26-15)21(4)10-9-20(2)3/h5-8,15-19,22-23H,9-12H2,1-4H3/t15-,16-,17-,18+/m0/s1. The monoisotopic (exact) mass is 401 g/mol. The molecule has 0 spiro atoms. The summed E-state index contributed by atoms with van der Waals surface area (Å²) in [5.41, 5.74) is 0.976. The Morgan fingerprint density at radius 3 is 2.30 bits per heavy atom. The van der Waals surface area contributed by atoms with E-state index < -0.39 is 34.4 Å². The Morgan fingerprint density at radius 2 is 1.74 bits per heavy atom. The number of nitrogens with one attached hydrogen (secondary N) is 1. The molecule has 0 aliphatic carbocycles. The molecule has 0 bridgehead atoms. The first-order valence-electron chi connectivity index (χ1n) is 9.01. The number of sulfonamides is 1.